The van der Waals surface area contributed by atoms with Gasteiger partial charge in [0.2, 0.25) is 5.88 Å². The first kappa shape index (κ1) is 19.6. The summed E-state index contributed by atoms with van der Waals surface area (Å²) in [7, 11) is 0. The van der Waals surface area contributed by atoms with Gasteiger partial charge in [-0.2, -0.15) is 5.10 Å². The summed E-state index contributed by atoms with van der Waals surface area (Å²) < 4.78 is 1.13. The van der Waals surface area contributed by atoms with Crippen LogP contribution in [0.5, 0.6) is 5.88 Å². The fourth-order valence-electron chi connectivity index (χ4n) is 3.70. The van der Waals surface area contributed by atoms with E-state index < -0.39 is 17.1 Å². The summed E-state index contributed by atoms with van der Waals surface area (Å²) in [6.07, 6.45) is 7.89. The normalized spacial score (nSPS) is 16.8. The van der Waals surface area contributed by atoms with Crippen molar-refractivity contribution in [2.24, 2.45) is 5.10 Å². The number of rotatable bonds is 5. The molecule has 4 rings (SSSR count). The Bertz CT molecular complexity index is 1140. The molecule has 8 nitrogen and oxygen atoms in total. The number of hydrogen-bond donors (Lipinski definition) is 2. The summed E-state index contributed by atoms with van der Waals surface area (Å²) in [5.41, 5.74) is 0.519. The van der Waals surface area contributed by atoms with E-state index in [4.69, 9.17) is 0 Å². The minimum absolute atomic E-state index is 0.0407. The Kier molecular flexibility index (Phi) is 5.74. The third-order valence-corrected chi connectivity index (χ3v) is 5.27. The molecule has 1 atom stereocenters. The second kappa shape index (κ2) is 8.77. The highest BCUT2D eigenvalue weighted by Gasteiger charge is 2.23. The van der Waals surface area contributed by atoms with Gasteiger partial charge in [0.25, 0.3) is 5.56 Å². The van der Waals surface area contributed by atoms with Crippen LogP contribution in [0, 0.1) is 0 Å². The van der Waals surface area contributed by atoms with Crippen LogP contribution < -0.4 is 11.2 Å². The molecule has 1 aliphatic heterocycles. The zero-order valence-electron chi connectivity index (χ0n) is 16.4. The second-order valence-corrected chi connectivity index (χ2v) is 7.27. The summed E-state index contributed by atoms with van der Waals surface area (Å²) in [5.74, 6) is -0.397. The molecule has 0 aliphatic carbocycles. The highest BCUT2D eigenvalue weighted by molar-refractivity contribution is 5.81. The van der Waals surface area contributed by atoms with Gasteiger partial charge in [-0.1, -0.05) is 36.4 Å². The van der Waals surface area contributed by atoms with Crippen LogP contribution in [0.2, 0.25) is 0 Å². The molecule has 0 bridgehead atoms. The molecule has 154 valence electrons. The first-order chi connectivity index (χ1) is 14.6. The molecule has 8 heteroatoms. The fourth-order valence-corrected chi connectivity index (χ4v) is 3.70. The molecule has 0 saturated carbocycles. The van der Waals surface area contributed by atoms with Crippen molar-refractivity contribution in [2.45, 2.75) is 31.8 Å². The molecule has 3 aromatic rings. The zero-order valence-corrected chi connectivity index (χ0v) is 16.4. The van der Waals surface area contributed by atoms with Crippen molar-refractivity contribution in [1.29, 1.82) is 0 Å². The fraction of sp³-hybridized carbons (Fsp3) is 0.273. The number of nitrogens with zero attached hydrogens (tertiary/aromatic N) is 4. The Hall–Kier alpha value is -3.68. The number of piperidine rings is 1. The zero-order chi connectivity index (χ0) is 20.9. The molecular formula is C22H23N5O3. The van der Waals surface area contributed by atoms with E-state index in [-0.39, 0.29) is 18.2 Å². The SMILES string of the molecule is O=c1[nH]c(=O)n(Cc2ccccc2)c(O)c1C=NN1CCCCC1c1cccnc1. The van der Waals surface area contributed by atoms with Crippen molar-refractivity contribution in [3.8, 4) is 5.88 Å². The molecule has 3 heterocycles. The van der Waals surface area contributed by atoms with Crippen molar-refractivity contribution < 1.29 is 5.11 Å². The number of aromatic amines is 1. The lowest BCUT2D eigenvalue weighted by Crippen LogP contribution is -2.33. The predicted molar refractivity (Wildman–Crippen MR) is 114 cm³/mol. The summed E-state index contributed by atoms with van der Waals surface area (Å²) in [6.45, 7) is 0.879. The molecule has 1 saturated heterocycles. The van der Waals surface area contributed by atoms with Crippen LogP contribution in [0.25, 0.3) is 0 Å². The van der Waals surface area contributed by atoms with Gasteiger partial charge >= 0.3 is 5.69 Å². The maximum atomic E-state index is 12.3. The van der Waals surface area contributed by atoms with Gasteiger partial charge in [0.05, 0.1) is 18.8 Å². The van der Waals surface area contributed by atoms with E-state index in [1.165, 1.54) is 6.21 Å². The van der Waals surface area contributed by atoms with E-state index >= 15 is 0 Å². The molecule has 0 amide bonds. The maximum Gasteiger partial charge on any atom is 0.331 e. The molecule has 1 aliphatic rings. The van der Waals surface area contributed by atoms with E-state index in [1.807, 2.05) is 53.7 Å². The van der Waals surface area contributed by atoms with Gasteiger partial charge in [-0.3, -0.25) is 24.3 Å². The molecule has 2 N–H and O–H groups in total. The van der Waals surface area contributed by atoms with Crippen LogP contribution in [0.15, 0.2) is 69.5 Å². The van der Waals surface area contributed by atoms with Crippen LogP contribution in [-0.2, 0) is 6.54 Å². The lowest BCUT2D eigenvalue weighted by Gasteiger charge is -2.33. The van der Waals surface area contributed by atoms with Gasteiger partial charge in [-0.15, -0.1) is 0 Å². The van der Waals surface area contributed by atoms with Gasteiger partial charge in [-0.05, 0) is 36.5 Å². The molecule has 2 aromatic heterocycles. The topological polar surface area (TPSA) is 104 Å². The van der Waals surface area contributed by atoms with E-state index in [0.29, 0.717) is 0 Å². The highest BCUT2D eigenvalue weighted by atomic mass is 16.3. The minimum Gasteiger partial charge on any atom is -0.494 e. The van der Waals surface area contributed by atoms with Crippen LogP contribution in [0.3, 0.4) is 0 Å². The first-order valence-electron chi connectivity index (χ1n) is 9.94. The molecule has 1 fully saturated rings. The van der Waals surface area contributed by atoms with Crippen molar-refractivity contribution >= 4 is 6.21 Å². The summed E-state index contributed by atoms with van der Waals surface area (Å²) in [6, 6.07) is 13.2. The quantitative estimate of drug-likeness (QED) is 0.634. The van der Waals surface area contributed by atoms with Crippen molar-refractivity contribution in [2.75, 3.05) is 6.54 Å². The van der Waals surface area contributed by atoms with E-state index in [1.54, 1.807) is 6.20 Å². The van der Waals surface area contributed by atoms with Crippen molar-refractivity contribution in [3.05, 3.63) is 92.4 Å². The summed E-state index contributed by atoms with van der Waals surface area (Å²) in [5, 5.41) is 17.1. The van der Waals surface area contributed by atoms with Crippen LogP contribution in [0.1, 0.15) is 42.0 Å². The monoisotopic (exact) mass is 405 g/mol. The number of benzene rings is 1. The van der Waals surface area contributed by atoms with E-state index in [0.717, 1.165) is 41.5 Å². The van der Waals surface area contributed by atoms with Crippen LogP contribution >= 0.6 is 0 Å². The summed E-state index contributed by atoms with van der Waals surface area (Å²) in [4.78, 5) is 31.0. The van der Waals surface area contributed by atoms with Gasteiger partial charge in [0.1, 0.15) is 5.56 Å². The van der Waals surface area contributed by atoms with Crippen LogP contribution in [0.4, 0.5) is 0 Å². The van der Waals surface area contributed by atoms with Gasteiger partial charge < -0.3 is 5.11 Å². The number of nitrogens with one attached hydrogen (secondary N) is 1. The number of aromatic hydroxyl groups is 1. The van der Waals surface area contributed by atoms with E-state index in [2.05, 4.69) is 15.1 Å². The largest absolute Gasteiger partial charge is 0.494 e. The Morgan fingerprint density at radius 2 is 2.00 bits per heavy atom. The molecule has 0 radical (unpaired) electrons. The Morgan fingerprint density at radius 3 is 2.77 bits per heavy atom. The van der Waals surface area contributed by atoms with Crippen LogP contribution in [-0.4, -0.2) is 37.4 Å². The predicted octanol–water partition coefficient (Wildman–Crippen LogP) is 2.25. The highest BCUT2D eigenvalue weighted by Crippen LogP contribution is 2.30. The average molecular weight is 405 g/mol. The Balaban J connectivity index is 1.65. The third kappa shape index (κ3) is 4.17. The number of aromatic nitrogens is 3. The van der Waals surface area contributed by atoms with Crippen molar-refractivity contribution in [1.82, 2.24) is 19.5 Å². The Labute approximate surface area is 173 Å². The second-order valence-electron chi connectivity index (χ2n) is 7.27. The molecular weight excluding hydrogens is 382 g/mol. The molecule has 1 aromatic carbocycles. The van der Waals surface area contributed by atoms with Gasteiger partial charge in [0, 0.05) is 18.9 Å². The lowest BCUT2D eigenvalue weighted by molar-refractivity contribution is 0.156. The molecule has 30 heavy (non-hydrogen) atoms. The first-order valence-corrected chi connectivity index (χ1v) is 9.94. The smallest absolute Gasteiger partial charge is 0.331 e. The average Bonchev–Trinajstić information content (AvgIpc) is 2.78. The minimum atomic E-state index is -0.666. The maximum absolute atomic E-state index is 12.3. The lowest BCUT2D eigenvalue weighted by atomic mass is 9.98. The summed E-state index contributed by atoms with van der Waals surface area (Å²) >= 11 is 0. The standard InChI is InChI=1S/C22H23N5O3/c28-20-18(21(29)26(22(30)25-20)15-16-7-2-1-3-8-16)14-24-27-12-5-4-10-19(27)17-9-6-11-23-13-17/h1-3,6-9,11,13-14,19,29H,4-5,10,12,15H2,(H,25,28,30). The third-order valence-electron chi connectivity index (χ3n) is 5.27. The van der Waals surface area contributed by atoms with E-state index in [9.17, 15) is 14.7 Å². The van der Waals surface area contributed by atoms with Gasteiger partial charge in [-0.25, -0.2) is 4.79 Å². The molecule has 0 spiro atoms. The van der Waals surface area contributed by atoms with Crippen molar-refractivity contribution in [3.63, 3.8) is 0 Å². The van der Waals surface area contributed by atoms with Gasteiger partial charge in [0.15, 0.2) is 0 Å². The Morgan fingerprint density at radius 1 is 1.17 bits per heavy atom. The number of hydrazone groups is 1. The number of pyridine rings is 1. The molecule has 1 unspecified atom stereocenters. The number of hydrogen-bond acceptors (Lipinski definition) is 6. The number of H-pyrrole nitrogens is 1.